The third kappa shape index (κ3) is 1.98. The fourth-order valence-corrected chi connectivity index (χ4v) is 2.40. The van der Waals surface area contributed by atoms with Crippen LogP contribution in [0.4, 0.5) is 0 Å². The fourth-order valence-electron chi connectivity index (χ4n) is 2.40. The second-order valence-corrected chi connectivity index (χ2v) is 4.43. The predicted molar refractivity (Wildman–Crippen MR) is 65.4 cm³/mol. The molecular formula is C14H16O3. The van der Waals surface area contributed by atoms with Gasteiger partial charge in [0.25, 0.3) is 0 Å². The summed E-state index contributed by atoms with van der Waals surface area (Å²) in [6.07, 6.45) is 2.22. The number of aryl methyl sites for hydroxylation is 2. The highest BCUT2D eigenvalue weighted by Crippen LogP contribution is 2.36. The number of carbonyl (C=O) groups excluding carboxylic acids is 1. The molecule has 0 saturated carbocycles. The Labute approximate surface area is 101 Å². The normalized spacial score (nSPS) is 23.2. The molecule has 0 amide bonds. The molecule has 3 heteroatoms. The van der Waals surface area contributed by atoms with Gasteiger partial charge in [-0.1, -0.05) is 12.1 Å². The van der Waals surface area contributed by atoms with Crippen LogP contribution in [0.1, 0.15) is 22.6 Å². The van der Waals surface area contributed by atoms with Gasteiger partial charge in [-0.3, -0.25) is 4.79 Å². The highest BCUT2D eigenvalue weighted by molar-refractivity contribution is 5.99. The molecule has 0 radical (unpaired) electrons. The van der Waals surface area contributed by atoms with Gasteiger partial charge in [0.05, 0.1) is 19.1 Å². The first-order chi connectivity index (χ1) is 8.04. The van der Waals surface area contributed by atoms with E-state index in [2.05, 4.69) is 0 Å². The average molecular weight is 232 g/mol. The zero-order valence-electron chi connectivity index (χ0n) is 10.2. The summed E-state index contributed by atoms with van der Waals surface area (Å²) in [5, 5.41) is 9.86. The average Bonchev–Trinajstić information content (AvgIpc) is 2.59. The summed E-state index contributed by atoms with van der Waals surface area (Å²) >= 11 is 0. The van der Waals surface area contributed by atoms with E-state index in [0.717, 1.165) is 16.7 Å². The number of aliphatic hydroxyl groups excluding tert-OH is 1. The van der Waals surface area contributed by atoms with Crippen LogP contribution in [0.2, 0.25) is 0 Å². The first-order valence-corrected chi connectivity index (χ1v) is 5.60. The molecular weight excluding hydrogens is 216 g/mol. The van der Waals surface area contributed by atoms with E-state index in [1.54, 1.807) is 7.11 Å². The molecule has 2 rings (SSSR count). The van der Waals surface area contributed by atoms with E-state index in [9.17, 15) is 9.90 Å². The Morgan fingerprint density at radius 2 is 2.00 bits per heavy atom. The minimum absolute atomic E-state index is 0.0669. The number of ketones is 1. The molecule has 0 aromatic heterocycles. The number of carbonyl (C=O) groups is 1. The molecule has 1 aliphatic rings. The van der Waals surface area contributed by atoms with Crippen LogP contribution in [0.25, 0.3) is 0 Å². The van der Waals surface area contributed by atoms with Gasteiger partial charge in [-0.2, -0.15) is 0 Å². The smallest absolute Gasteiger partial charge is 0.165 e. The topological polar surface area (TPSA) is 46.5 Å². The molecule has 2 atom stereocenters. The number of aliphatic hydroxyl groups is 1. The van der Waals surface area contributed by atoms with Gasteiger partial charge < -0.3 is 9.84 Å². The number of rotatable bonds is 2. The highest BCUT2D eigenvalue weighted by atomic mass is 16.5. The number of benzene rings is 1. The van der Waals surface area contributed by atoms with Crippen LogP contribution >= 0.6 is 0 Å². The summed E-state index contributed by atoms with van der Waals surface area (Å²) in [5.74, 6) is 0.0805. The Morgan fingerprint density at radius 1 is 1.29 bits per heavy atom. The Bertz CT molecular complexity index is 488. The van der Waals surface area contributed by atoms with Crippen molar-refractivity contribution in [3.8, 4) is 5.75 Å². The first kappa shape index (κ1) is 11.9. The van der Waals surface area contributed by atoms with Crippen molar-refractivity contribution < 1.29 is 14.6 Å². The monoisotopic (exact) mass is 232 g/mol. The van der Waals surface area contributed by atoms with Crippen molar-refractivity contribution in [1.29, 1.82) is 0 Å². The molecule has 17 heavy (non-hydrogen) atoms. The number of methoxy groups -OCH3 is 1. The van der Waals surface area contributed by atoms with Gasteiger partial charge in [-0.15, -0.1) is 0 Å². The Morgan fingerprint density at radius 3 is 2.53 bits per heavy atom. The first-order valence-electron chi connectivity index (χ1n) is 5.60. The second-order valence-electron chi connectivity index (χ2n) is 4.43. The summed E-state index contributed by atoms with van der Waals surface area (Å²) < 4.78 is 5.32. The van der Waals surface area contributed by atoms with Crippen molar-refractivity contribution >= 4 is 5.78 Å². The number of hydrogen-bond acceptors (Lipinski definition) is 3. The summed E-state index contributed by atoms with van der Waals surface area (Å²) in [7, 11) is 1.58. The Balaban J connectivity index is 2.55. The molecule has 2 unspecified atom stereocenters. The molecule has 1 aliphatic carbocycles. The molecule has 1 aromatic rings. The molecule has 0 fully saturated rings. The Hall–Kier alpha value is -1.61. The third-order valence-electron chi connectivity index (χ3n) is 3.13. The molecule has 90 valence electrons. The Kier molecular flexibility index (Phi) is 3.03. The lowest BCUT2D eigenvalue weighted by Gasteiger charge is -2.20. The maximum Gasteiger partial charge on any atom is 0.165 e. The van der Waals surface area contributed by atoms with Crippen LogP contribution in [0.15, 0.2) is 24.3 Å². The van der Waals surface area contributed by atoms with Crippen molar-refractivity contribution in [2.45, 2.75) is 25.9 Å². The van der Waals surface area contributed by atoms with E-state index < -0.39 is 12.0 Å². The van der Waals surface area contributed by atoms with Gasteiger partial charge in [0.1, 0.15) is 5.75 Å². The van der Waals surface area contributed by atoms with Crippen molar-refractivity contribution in [3.63, 3.8) is 0 Å². The predicted octanol–water partition coefficient (Wildman–Crippen LogP) is 1.90. The molecule has 0 spiro atoms. The molecule has 1 N–H and O–H groups in total. The molecule has 0 bridgehead atoms. The lowest BCUT2D eigenvalue weighted by atomic mass is 9.88. The van der Waals surface area contributed by atoms with Gasteiger partial charge in [0, 0.05) is 5.56 Å². The van der Waals surface area contributed by atoms with Crippen LogP contribution in [0.3, 0.4) is 0 Å². The van der Waals surface area contributed by atoms with E-state index >= 15 is 0 Å². The third-order valence-corrected chi connectivity index (χ3v) is 3.13. The van der Waals surface area contributed by atoms with Crippen LogP contribution in [-0.2, 0) is 4.79 Å². The summed E-state index contributed by atoms with van der Waals surface area (Å²) in [6.45, 7) is 3.91. The van der Waals surface area contributed by atoms with Crippen LogP contribution < -0.4 is 4.74 Å². The molecule has 0 aliphatic heterocycles. The second kappa shape index (κ2) is 4.34. The van der Waals surface area contributed by atoms with Crippen molar-refractivity contribution in [1.82, 2.24) is 0 Å². The lowest BCUT2D eigenvalue weighted by Crippen LogP contribution is -2.19. The van der Waals surface area contributed by atoms with Crippen LogP contribution in [-0.4, -0.2) is 24.1 Å². The molecule has 0 saturated heterocycles. The van der Waals surface area contributed by atoms with E-state index in [1.807, 2.05) is 26.0 Å². The molecule has 0 heterocycles. The minimum atomic E-state index is -0.752. The maximum atomic E-state index is 11.8. The van der Waals surface area contributed by atoms with Crippen LogP contribution in [0.5, 0.6) is 5.75 Å². The molecule has 1 aromatic carbocycles. The summed E-state index contributed by atoms with van der Waals surface area (Å²) in [4.78, 5) is 11.8. The summed E-state index contributed by atoms with van der Waals surface area (Å²) in [5.41, 5.74) is 2.85. The van der Waals surface area contributed by atoms with Gasteiger partial charge in [-0.05, 0) is 37.1 Å². The zero-order valence-corrected chi connectivity index (χ0v) is 10.2. The minimum Gasteiger partial charge on any atom is -0.496 e. The number of allylic oxidation sites excluding steroid dienone is 1. The maximum absolute atomic E-state index is 11.8. The van der Waals surface area contributed by atoms with E-state index in [-0.39, 0.29) is 5.78 Å². The SMILES string of the molecule is COc1cc(C)cc(C)c1C1C(=O)C=CC1O. The molecule has 3 nitrogen and oxygen atoms in total. The lowest BCUT2D eigenvalue weighted by molar-refractivity contribution is -0.116. The van der Waals surface area contributed by atoms with E-state index in [4.69, 9.17) is 4.74 Å². The fraction of sp³-hybridized carbons (Fsp3) is 0.357. The largest absolute Gasteiger partial charge is 0.496 e. The van der Waals surface area contributed by atoms with Crippen LogP contribution in [0, 0.1) is 13.8 Å². The highest BCUT2D eigenvalue weighted by Gasteiger charge is 2.33. The van der Waals surface area contributed by atoms with E-state index in [1.165, 1.54) is 12.2 Å². The number of ether oxygens (including phenoxy) is 1. The van der Waals surface area contributed by atoms with Gasteiger partial charge in [0.2, 0.25) is 0 Å². The van der Waals surface area contributed by atoms with Crippen molar-refractivity contribution in [2.75, 3.05) is 7.11 Å². The van der Waals surface area contributed by atoms with Crippen molar-refractivity contribution in [3.05, 3.63) is 41.0 Å². The standard InChI is InChI=1S/C14H16O3/c1-8-6-9(2)13(12(7-8)17-3)14-10(15)4-5-11(14)16/h4-7,10,14-15H,1-3H3. The van der Waals surface area contributed by atoms with Gasteiger partial charge >= 0.3 is 0 Å². The summed E-state index contributed by atoms with van der Waals surface area (Å²) in [6, 6.07) is 3.89. The van der Waals surface area contributed by atoms with Gasteiger partial charge in [-0.25, -0.2) is 0 Å². The van der Waals surface area contributed by atoms with Crippen molar-refractivity contribution in [2.24, 2.45) is 0 Å². The zero-order chi connectivity index (χ0) is 12.6. The van der Waals surface area contributed by atoms with E-state index in [0.29, 0.717) is 5.75 Å². The number of hydrogen-bond donors (Lipinski definition) is 1. The quantitative estimate of drug-likeness (QED) is 0.847. The van der Waals surface area contributed by atoms with Gasteiger partial charge in [0.15, 0.2) is 5.78 Å².